The Morgan fingerprint density at radius 1 is 0.714 bits per heavy atom. The lowest BCUT2D eigenvalue weighted by molar-refractivity contribution is -0.138. The van der Waals surface area contributed by atoms with Crippen LogP contribution in [0.25, 0.3) is 0 Å². The minimum atomic E-state index is -1.11. The van der Waals surface area contributed by atoms with Gasteiger partial charge in [0.15, 0.2) is 0 Å². The summed E-state index contributed by atoms with van der Waals surface area (Å²) in [5.41, 5.74) is 2.82. The van der Waals surface area contributed by atoms with E-state index in [-0.39, 0.29) is 22.6 Å². The van der Waals surface area contributed by atoms with Crippen LogP contribution < -0.4 is 14.8 Å². The zero-order valence-corrected chi connectivity index (χ0v) is 23.6. The van der Waals surface area contributed by atoms with E-state index in [1.807, 2.05) is 31.2 Å². The molecule has 0 radical (unpaired) electrons. The summed E-state index contributed by atoms with van der Waals surface area (Å²) in [6, 6.07) is 19.4. The summed E-state index contributed by atoms with van der Waals surface area (Å²) in [4.78, 5) is 53.1. The van der Waals surface area contributed by atoms with Gasteiger partial charge in [0.05, 0.1) is 5.92 Å². The zero-order chi connectivity index (χ0) is 31.8. The lowest BCUT2D eigenvalue weighted by Gasteiger charge is -2.09. The molecule has 0 aliphatic rings. The van der Waals surface area contributed by atoms with Crippen LogP contribution in [0.4, 0.5) is 5.69 Å². The van der Waals surface area contributed by atoms with Crippen molar-refractivity contribution in [3.63, 3.8) is 0 Å². The molecule has 3 aromatic rings. The van der Waals surface area contributed by atoms with Gasteiger partial charge in [-0.15, -0.1) is 0 Å². The van der Waals surface area contributed by atoms with E-state index in [0.717, 1.165) is 23.4 Å². The lowest BCUT2D eigenvalue weighted by atomic mass is 10.0. The molecule has 0 fully saturated rings. The van der Waals surface area contributed by atoms with E-state index in [9.17, 15) is 24.0 Å². The molecule has 0 saturated heterocycles. The molecule has 42 heavy (non-hydrogen) atoms. The van der Waals surface area contributed by atoms with Gasteiger partial charge in [0.25, 0.3) is 0 Å². The molecule has 1 unspecified atom stereocenters. The lowest BCUT2D eigenvalue weighted by Crippen LogP contribution is -2.07. The first-order valence-electron chi connectivity index (χ1n) is 12.4. The van der Waals surface area contributed by atoms with Crippen LogP contribution in [0.2, 0.25) is 0 Å². The monoisotopic (exact) mass is 579 g/mol. The fourth-order valence-electron chi connectivity index (χ4n) is 3.06. The number of carbonyl (C=O) groups is 5. The SMILES string of the molecule is C=C(C)CNc1ccc(C(C)C(=O)O)cc1.CC(=O)Oc1ccccc1C(=O)O.CC(=O)Oc1ccccc1C(=O)O. The second-order valence-electron chi connectivity index (χ2n) is 8.78. The summed E-state index contributed by atoms with van der Waals surface area (Å²) >= 11 is 0. The minimum Gasteiger partial charge on any atom is -0.481 e. The molecule has 0 heterocycles. The predicted molar refractivity (Wildman–Crippen MR) is 155 cm³/mol. The number of ether oxygens (including phenoxy) is 2. The molecule has 11 nitrogen and oxygen atoms in total. The second kappa shape index (κ2) is 17.3. The Morgan fingerprint density at radius 2 is 1.12 bits per heavy atom. The smallest absolute Gasteiger partial charge is 0.339 e. The van der Waals surface area contributed by atoms with E-state index in [0.29, 0.717) is 0 Å². The minimum absolute atomic E-state index is 0.0160. The maximum absolute atomic E-state index is 10.8. The summed E-state index contributed by atoms with van der Waals surface area (Å²) < 4.78 is 9.37. The Morgan fingerprint density at radius 3 is 1.45 bits per heavy atom. The number of carbonyl (C=O) groups excluding carboxylic acids is 2. The van der Waals surface area contributed by atoms with Gasteiger partial charge in [-0.3, -0.25) is 14.4 Å². The van der Waals surface area contributed by atoms with Crippen molar-refractivity contribution in [2.75, 3.05) is 11.9 Å². The van der Waals surface area contributed by atoms with Crippen molar-refractivity contribution in [2.24, 2.45) is 0 Å². The van der Waals surface area contributed by atoms with Crippen molar-refractivity contribution in [3.05, 3.63) is 102 Å². The highest BCUT2D eigenvalue weighted by atomic mass is 16.5. The van der Waals surface area contributed by atoms with Gasteiger partial charge in [-0.2, -0.15) is 0 Å². The van der Waals surface area contributed by atoms with Crippen LogP contribution in [0.5, 0.6) is 11.5 Å². The summed E-state index contributed by atoms with van der Waals surface area (Å²) in [6.07, 6.45) is 0. The molecular weight excluding hydrogens is 546 g/mol. The first kappa shape index (κ1) is 34.6. The van der Waals surface area contributed by atoms with Gasteiger partial charge < -0.3 is 30.1 Å². The van der Waals surface area contributed by atoms with Crippen LogP contribution >= 0.6 is 0 Å². The molecule has 3 rings (SSSR count). The molecule has 0 bridgehead atoms. The van der Waals surface area contributed by atoms with E-state index in [1.165, 1.54) is 38.1 Å². The normalized spacial score (nSPS) is 10.3. The second-order valence-corrected chi connectivity index (χ2v) is 8.78. The van der Waals surface area contributed by atoms with Crippen LogP contribution in [0, 0.1) is 0 Å². The Bertz CT molecular complexity index is 1340. The molecule has 3 aromatic carbocycles. The van der Waals surface area contributed by atoms with Crippen molar-refractivity contribution in [1.29, 1.82) is 0 Å². The number of carboxylic acid groups (broad SMARTS) is 3. The standard InChI is InChI=1S/C13H17NO2.2C9H8O4/c1-9(2)8-14-12-6-4-11(5-7-12)10(3)13(15)16;2*1-6(10)13-8-5-3-2-4-7(8)9(11)12/h4-7,10,14H,1,8H2,2-3H3,(H,15,16);2*2-5H,1H3,(H,11,12). The Hall–Kier alpha value is -5.45. The van der Waals surface area contributed by atoms with Gasteiger partial charge in [-0.1, -0.05) is 48.6 Å². The van der Waals surface area contributed by atoms with Crippen LogP contribution in [0.3, 0.4) is 0 Å². The summed E-state index contributed by atoms with van der Waals surface area (Å²) in [5.74, 6) is -4.42. The van der Waals surface area contributed by atoms with Crippen LogP contribution in [0.1, 0.15) is 59.9 Å². The maximum Gasteiger partial charge on any atom is 0.339 e. The topological polar surface area (TPSA) is 177 Å². The first-order chi connectivity index (χ1) is 19.7. The van der Waals surface area contributed by atoms with Gasteiger partial charge in [-0.05, 0) is 55.8 Å². The molecule has 4 N–H and O–H groups in total. The number of carboxylic acids is 3. The largest absolute Gasteiger partial charge is 0.481 e. The van der Waals surface area contributed by atoms with Crippen LogP contribution in [-0.2, 0) is 14.4 Å². The Balaban J connectivity index is 0.000000318. The molecule has 0 aliphatic heterocycles. The summed E-state index contributed by atoms with van der Waals surface area (Å²) in [5, 5.41) is 29.4. The fourth-order valence-corrected chi connectivity index (χ4v) is 3.06. The van der Waals surface area contributed by atoms with Gasteiger partial charge in [0.1, 0.15) is 22.6 Å². The van der Waals surface area contributed by atoms with Crippen molar-refractivity contribution in [2.45, 2.75) is 33.6 Å². The third-order valence-electron chi connectivity index (χ3n) is 5.12. The highest BCUT2D eigenvalue weighted by Crippen LogP contribution is 2.19. The third-order valence-corrected chi connectivity index (χ3v) is 5.12. The number of hydrogen-bond acceptors (Lipinski definition) is 8. The molecule has 222 valence electrons. The van der Waals surface area contributed by atoms with Crippen molar-refractivity contribution in [1.82, 2.24) is 0 Å². The molecule has 11 heteroatoms. The summed E-state index contributed by atoms with van der Waals surface area (Å²) in [6.45, 7) is 10.6. The maximum atomic E-state index is 10.8. The Kier molecular flexibility index (Phi) is 14.2. The molecule has 0 spiro atoms. The van der Waals surface area contributed by atoms with E-state index in [2.05, 4.69) is 21.4 Å². The number of nitrogens with one attached hydrogen (secondary N) is 1. The molecule has 1 atom stereocenters. The van der Waals surface area contributed by atoms with Gasteiger partial charge in [0, 0.05) is 26.1 Å². The van der Waals surface area contributed by atoms with E-state index < -0.39 is 35.8 Å². The fraction of sp³-hybridized carbons (Fsp3) is 0.194. The van der Waals surface area contributed by atoms with Crippen molar-refractivity contribution in [3.8, 4) is 11.5 Å². The van der Waals surface area contributed by atoms with E-state index in [4.69, 9.17) is 15.3 Å². The van der Waals surface area contributed by atoms with Gasteiger partial charge >= 0.3 is 29.8 Å². The number of aromatic carboxylic acids is 2. The average molecular weight is 580 g/mol. The molecule has 0 saturated carbocycles. The number of rotatable bonds is 9. The number of aliphatic carboxylic acids is 1. The predicted octanol–water partition coefficient (Wildman–Crippen LogP) is 5.48. The number of benzene rings is 3. The molecular formula is C31H33NO10. The third kappa shape index (κ3) is 12.6. The summed E-state index contributed by atoms with van der Waals surface area (Å²) in [7, 11) is 0. The molecule has 0 aromatic heterocycles. The first-order valence-corrected chi connectivity index (χ1v) is 12.4. The van der Waals surface area contributed by atoms with Gasteiger partial charge in [-0.25, -0.2) is 9.59 Å². The quantitative estimate of drug-likeness (QED) is 0.143. The number of hydrogen-bond donors (Lipinski definition) is 4. The van der Waals surface area contributed by atoms with Crippen LogP contribution in [-0.4, -0.2) is 51.7 Å². The number of anilines is 1. The molecule has 0 aliphatic carbocycles. The van der Waals surface area contributed by atoms with Gasteiger partial charge in [0.2, 0.25) is 0 Å². The highest BCUT2D eigenvalue weighted by molar-refractivity contribution is 5.92. The van der Waals surface area contributed by atoms with Crippen molar-refractivity contribution < 1.29 is 48.8 Å². The van der Waals surface area contributed by atoms with E-state index in [1.54, 1.807) is 31.2 Å². The number of esters is 2. The van der Waals surface area contributed by atoms with Crippen LogP contribution in [0.15, 0.2) is 84.9 Å². The zero-order valence-electron chi connectivity index (χ0n) is 23.6. The van der Waals surface area contributed by atoms with E-state index >= 15 is 0 Å². The number of para-hydroxylation sites is 2. The Labute approximate surface area is 243 Å². The molecule has 0 amide bonds. The average Bonchev–Trinajstić information content (AvgIpc) is 2.92. The van der Waals surface area contributed by atoms with Crippen molar-refractivity contribution >= 4 is 35.5 Å². The highest BCUT2D eigenvalue weighted by Gasteiger charge is 2.13.